The van der Waals surface area contributed by atoms with Gasteiger partial charge in [0.05, 0.1) is 6.61 Å². The summed E-state index contributed by atoms with van der Waals surface area (Å²) in [5.41, 5.74) is -0.194. The number of thioether (sulfide) groups is 1. The molecule has 0 aliphatic carbocycles. The average Bonchev–Trinajstić information content (AvgIpc) is 2.83. The van der Waals surface area contributed by atoms with Crippen LogP contribution in [-0.4, -0.2) is 27.1 Å². The summed E-state index contributed by atoms with van der Waals surface area (Å²) < 4.78 is 20.3. The first kappa shape index (κ1) is 15.6. The first-order chi connectivity index (χ1) is 10.2. The summed E-state index contributed by atoms with van der Waals surface area (Å²) in [6.45, 7) is 3.07. The number of hydrogen-bond donors (Lipinski definition) is 1. The number of nitrogens with zero attached hydrogens (tertiary/aromatic N) is 2. The van der Waals surface area contributed by atoms with Crippen LogP contribution < -0.4 is 10.4 Å². The highest BCUT2D eigenvalue weighted by Crippen LogP contribution is 2.17. The summed E-state index contributed by atoms with van der Waals surface area (Å²) in [4.78, 5) is 11.6. The lowest BCUT2D eigenvalue weighted by atomic mass is 10.3. The van der Waals surface area contributed by atoms with Gasteiger partial charge in [0.25, 0.3) is 0 Å². The molecule has 1 heterocycles. The molecule has 0 saturated heterocycles. The Morgan fingerprint density at radius 3 is 3.00 bits per heavy atom. The zero-order valence-electron chi connectivity index (χ0n) is 11.8. The minimum Gasteiger partial charge on any atom is -0.490 e. The summed E-state index contributed by atoms with van der Waals surface area (Å²) in [7, 11) is 0. The number of rotatable bonds is 8. The van der Waals surface area contributed by atoms with Crippen molar-refractivity contribution in [3.63, 3.8) is 0 Å². The topological polar surface area (TPSA) is 59.9 Å². The molecule has 2 rings (SSSR count). The number of para-hydroxylation sites is 1. The van der Waals surface area contributed by atoms with E-state index in [0.29, 0.717) is 24.1 Å². The Balaban J connectivity index is 1.84. The van der Waals surface area contributed by atoms with Gasteiger partial charge in [0.15, 0.2) is 16.7 Å². The molecular weight excluding hydrogens is 293 g/mol. The quantitative estimate of drug-likeness (QED) is 0.601. The summed E-state index contributed by atoms with van der Waals surface area (Å²) in [5.74, 6) is 0.454. The highest BCUT2D eigenvalue weighted by molar-refractivity contribution is 7.99. The zero-order valence-corrected chi connectivity index (χ0v) is 12.7. The molecule has 0 saturated carbocycles. The molecule has 2 aromatic rings. The maximum Gasteiger partial charge on any atom is 0.343 e. The van der Waals surface area contributed by atoms with Gasteiger partial charge in [-0.2, -0.15) is 0 Å². The van der Waals surface area contributed by atoms with E-state index in [1.54, 1.807) is 22.8 Å². The normalized spacial score (nSPS) is 10.8. The van der Waals surface area contributed by atoms with Gasteiger partial charge >= 0.3 is 5.69 Å². The third kappa shape index (κ3) is 4.35. The van der Waals surface area contributed by atoms with Crippen molar-refractivity contribution >= 4 is 11.8 Å². The molecule has 0 bridgehead atoms. The highest BCUT2D eigenvalue weighted by atomic mass is 32.2. The van der Waals surface area contributed by atoms with E-state index in [0.717, 1.165) is 12.8 Å². The third-order valence-electron chi connectivity index (χ3n) is 2.87. The number of H-pyrrole nitrogens is 1. The summed E-state index contributed by atoms with van der Waals surface area (Å²) >= 11 is 1.42. The molecule has 1 aromatic carbocycles. The molecule has 0 atom stereocenters. The fourth-order valence-electron chi connectivity index (χ4n) is 1.77. The van der Waals surface area contributed by atoms with Crippen molar-refractivity contribution < 1.29 is 9.13 Å². The summed E-state index contributed by atoms with van der Waals surface area (Å²) in [6, 6.07) is 6.29. The van der Waals surface area contributed by atoms with E-state index in [9.17, 15) is 9.18 Å². The fourth-order valence-corrected chi connectivity index (χ4v) is 2.56. The number of aromatic amines is 1. The zero-order chi connectivity index (χ0) is 15.1. The number of aromatic nitrogens is 3. The minimum atomic E-state index is -0.373. The smallest absolute Gasteiger partial charge is 0.343 e. The van der Waals surface area contributed by atoms with Gasteiger partial charge < -0.3 is 4.74 Å². The second-order valence-electron chi connectivity index (χ2n) is 4.44. The third-order valence-corrected chi connectivity index (χ3v) is 3.81. The molecule has 0 spiro atoms. The van der Waals surface area contributed by atoms with E-state index in [4.69, 9.17) is 4.74 Å². The minimum absolute atomic E-state index is 0.194. The molecule has 0 aliphatic rings. The largest absolute Gasteiger partial charge is 0.490 e. The summed E-state index contributed by atoms with van der Waals surface area (Å²) in [5, 5.41) is 7.08. The van der Waals surface area contributed by atoms with Crippen LogP contribution in [0.2, 0.25) is 0 Å². The van der Waals surface area contributed by atoms with E-state index >= 15 is 0 Å². The predicted octanol–water partition coefficient (Wildman–Crippen LogP) is 2.68. The maximum absolute atomic E-state index is 13.4. The molecule has 5 nitrogen and oxygen atoms in total. The molecule has 7 heteroatoms. The second-order valence-corrected chi connectivity index (χ2v) is 5.51. The number of unbranched alkanes of at least 4 members (excludes halogenated alkanes) is 1. The Labute approximate surface area is 126 Å². The van der Waals surface area contributed by atoms with Crippen molar-refractivity contribution in [3.8, 4) is 5.75 Å². The van der Waals surface area contributed by atoms with Crippen LogP contribution in [0.3, 0.4) is 0 Å². The Hall–Kier alpha value is -1.76. The van der Waals surface area contributed by atoms with Crippen LogP contribution in [0, 0.1) is 5.82 Å². The molecule has 0 radical (unpaired) electrons. The standard InChI is InChI=1S/C14H18FN3O2S/c1-2-3-8-18-13(19)16-17-14(18)21-10-9-20-12-7-5-4-6-11(12)15/h4-7H,2-3,8-10H2,1H3,(H,16,19). The highest BCUT2D eigenvalue weighted by Gasteiger charge is 2.08. The molecule has 1 aromatic heterocycles. The Morgan fingerprint density at radius 1 is 1.43 bits per heavy atom. The van der Waals surface area contributed by atoms with Gasteiger partial charge in [-0.15, -0.1) is 5.10 Å². The van der Waals surface area contributed by atoms with Gasteiger partial charge in [-0.25, -0.2) is 14.3 Å². The predicted molar refractivity (Wildman–Crippen MR) is 80.4 cm³/mol. The number of hydrogen-bond acceptors (Lipinski definition) is 4. The lowest BCUT2D eigenvalue weighted by molar-refractivity contribution is 0.324. The first-order valence-corrected chi connectivity index (χ1v) is 7.86. The van der Waals surface area contributed by atoms with E-state index < -0.39 is 0 Å². The van der Waals surface area contributed by atoms with Gasteiger partial charge in [-0.3, -0.25) is 4.57 Å². The number of benzene rings is 1. The van der Waals surface area contributed by atoms with Crippen LogP contribution in [0.5, 0.6) is 5.75 Å². The Bertz CT molecular complexity index is 627. The molecule has 0 fully saturated rings. The van der Waals surface area contributed by atoms with Gasteiger partial charge in [-0.05, 0) is 18.6 Å². The van der Waals surface area contributed by atoms with Crippen LogP contribution >= 0.6 is 11.8 Å². The van der Waals surface area contributed by atoms with Gasteiger partial charge in [0.2, 0.25) is 0 Å². The number of nitrogens with one attached hydrogen (secondary N) is 1. The average molecular weight is 311 g/mol. The van der Waals surface area contributed by atoms with Crippen LogP contribution in [0.15, 0.2) is 34.2 Å². The van der Waals surface area contributed by atoms with Gasteiger partial charge in [0.1, 0.15) is 0 Å². The lowest BCUT2D eigenvalue weighted by Gasteiger charge is -2.07. The van der Waals surface area contributed by atoms with Gasteiger partial charge in [0, 0.05) is 12.3 Å². The molecule has 21 heavy (non-hydrogen) atoms. The van der Waals surface area contributed by atoms with Crippen LogP contribution in [0.4, 0.5) is 4.39 Å². The van der Waals surface area contributed by atoms with Crippen LogP contribution in [-0.2, 0) is 6.54 Å². The molecule has 0 aliphatic heterocycles. The van der Waals surface area contributed by atoms with Crippen molar-refractivity contribution in [2.75, 3.05) is 12.4 Å². The van der Waals surface area contributed by atoms with E-state index in [1.165, 1.54) is 17.8 Å². The Kier molecular flexibility index (Phi) is 5.86. The van der Waals surface area contributed by atoms with Gasteiger partial charge in [-0.1, -0.05) is 37.2 Å². The lowest BCUT2D eigenvalue weighted by Crippen LogP contribution is -2.17. The molecule has 0 amide bonds. The fraction of sp³-hybridized carbons (Fsp3) is 0.429. The summed E-state index contributed by atoms with van der Waals surface area (Å²) in [6.07, 6.45) is 1.94. The van der Waals surface area contributed by atoms with Crippen LogP contribution in [0.1, 0.15) is 19.8 Å². The van der Waals surface area contributed by atoms with Crippen molar-refractivity contribution in [1.29, 1.82) is 0 Å². The van der Waals surface area contributed by atoms with Crippen molar-refractivity contribution in [2.45, 2.75) is 31.5 Å². The molecular formula is C14H18FN3O2S. The maximum atomic E-state index is 13.4. The van der Waals surface area contributed by atoms with E-state index in [1.807, 2.05) is 0 Å². The van der Waals surface area contributed by atoms with Crippen molar-refractivity contribution in [3.05, 3.63) is 40.6 Å². The van der Waals surface area contributed by atoms with E-state index in [2.05, 4.69) is 17.1 Å². The Morgan fingerprint density at radius 2 is 2.24 bits per heavy atom. The molecule has 0 unspecified atom stereocenters. The van der Waals surface area contributed by atoms with Crippen molar-refractivity contribution in [1.82, 2.24) is 14.8 Å². The number of ether oxygens (including phenoxy) is 1. The molecule has 1 N–H and O–H groups in total. The second kappa shape index (κ2) is 7.87. The van der Waals surface area contributed by atoms with Crippen LogP contribution in [0.25, 0.3) is 0 Å². The van der Waals surface area contributed by atoms with E-state index in [-0.39, 0.29) is 17.3 Å². The SMILES string of the molecule is CCCCn1c(SCCOc2ccccc2F)n[nH]c1=O. The monoisotopic (exact) mass is 311 g/mol. The van der Waals surface area contributed by atoms with Crippen molar-refractivity contribution in [2.24, 2.45) is 0 Å². The number of halogens is 1. The first-order valence-electron chi connectivity index (χ1n) is 6.87. The molecule has 114 valence electrons.